The lowest BCUT2D eigenvalue weighted by atomic mass is 9.97. The van der Waals surface area contributed by atoms with Crippen LogP contribution in [-0.4, -0.2) is 15.9 Å². The molecule has 3 aromatic heterocycles. The Bertz CT molecular complexity index is 1130. The van der Waals surface area contributed by atoms with Gasteiger partial charge in [0.15, 0.2) is 0 Å². The molecule has 0 saturated carbocycles. The fourth-order valence-electron chi connectivity index (χ4n) is 3.32. The smallest absolute Gasteiger partial charge is 0.256 e. The van der Waals surface area contributed by atoms with Gasteiger partial charge in [0.25, 0.3) is 5.91 Å². The highest BCUT2D eigenvalue weighted by Crippen LogP contribution is 2.40. The zero-order chi connectivity index (χ0) is 20.9. The number of anilines is 2. The number of carbonyl (C=O) groups is 1. The summed E-state index contributed by atoms with van der Waals surface area (Å²) in [6, 6.07) is 18.8. The van der Waals surface area contributed by atoms with E-state index in [0.29, 0.717) is 5.56 Å². The van der Waals surface area contributed by atoms with Gasteiger partial charge in [-0.3, -0.25) is 9.78 Å². The molecule has 1 unspecified atom stereocenters. The number of nitrogens with zero attached hydrogens (tertiary/aromatic N) is 2. The lowest BCUT2D eigenvalue weighted by molar-refractivity contribution is 0.102. The third-order valence-electron chi connectivity index (χ3n) is 4.98. The van der Waals surface area contributed by atoms with Crippen LogP contribution in [0.25, 0.3) is 0 Å². The minimum Gasteiger partial charge on any atom is -0.359 e. The summed E-state index contributed by atoms with van der Waals surface area (Å²) >= 11 is 1.59. The van der Waals surface area contributed by atoms with Gasteiger partial charge in [0, 0.05) is 34.6 Å². The molecule has 6 heteroatoms. The molecule has 4 rings (SSSR count). The monoisotopic (exact) mass is 414 g/mol. The van der Waals surface area contributed by atoms with Gasteiger partial charge in [0.1, 0.15) is 10.8 Å². The zero-order valence-corrected chi connectivity index (χ0v) is 17.6. The van der Waals surface area contributed by atoms with Crippen molar-refractivity contribution in [3.05, 3.63) is 106 Å². The molecule has 0 aliphatic carbocycles. The van der Waals surface area contributed by atoms with Gasteiger partial charge in [0.05, 0.1) is 6.04 Å². The van der Waals surface area contributed by atoms with Crippen LogP contribution >= 0.6 is 11.3 Å². The molecule has 0 aliphatic heterocycles. The quantitative estimate of drug-likeness (QED) is 0.430. The van der Waals surface area contributed by atoms with Gasteiger partial charge in [-0.25, -0.2) is 4.98 Å². The number of aryl methyl sites for hydroxylation is 1. The van der Waals surface area contributed by atoms with Crippen LogP contribution < -0.4 is 10.6 Å². The summed E-state index contributed by atoms with van der Waals surface area (Å²) in [4.78, 5) is 22.6. The number of carbonyl (C=O) groups excluding carboxylic acids is 1. The van der Waals surface area contributed by atoms with Crippen molar-refractivity contribution in [2.24, 2.45) is 0 Å². The molecule has 5 nitrogen and oxygen atoms in total. The van der Waals surface area contributed by atoms with E-state index in [1.165, 1.54) is 0 Å². The number of rotatable bonds is 6. The van der Waals surface area contributed by atoms with Crippen molar-refractivity contribution in [1.29, 1.82) is 0 Å². The van der Waals surface area contributed by atoms with Crippen molar-refractivity contribution < 1.29 is 4.79 Å². The summed E-state index contributed by atoms with van der Waals surface area (Å²) in [5.74, 6) is 0.646. The van der Waals surface area contributed by atoms with Crippen LogP contribution in [0.1, 0.15) is 38.0 Å². The van der Waals surface area contributed by atoms with Gasteiger partial charge >= 0.3 is 0 Å². The van der Waals surface area contributed by atoms with E-state index in [-0.39, 0.29) is 11.9 Å². The Morgan fingerprint density at radius 3 is 2.37 bits per heavy atom. The molecule has 0 saturated heterocycles. The van der Waals surface area contributed by atoms with Crippen molar-refractivity contribution in [2.45, 2.75) is 19.9 Å². The SMILES string of the molecule is Cc1sc(NC(=O)c2ccccc2)c(C(Nc2ccccn2)c2ccncc2)c1C. The van der Waals surface area contributed by atoms with E-state index in [1.807, 2.05) is 60.7 Å². The molecule has 4 aromatic rings. The Balaban J connectivity index is 1.76. The summed E-state index contributed by atoms with van der Waals surface area (Å²) in [6.07, 6.45) is 5.31. The first-order valence-corrected chi connectivity index (χ1v) is 10.5. The van der Waals surface area contributed by atoms with Crippen LogP contribution in [-0.2, 0) is 0 Å². The topological polar surface area (TPSA) is 66.9 Å². The molecule has 0 aliphatic rings. The van der Waals surface area contributed by atoms with E-state index in [2.05, 4.69) is 34.4 Å². The van der Waals surface area contributed by atoms with Gasteiger partial charge in [0.2, 0.25) is 0 Å². The van der Waals surface area contributed by atoms with E-state index in [4.69, 9.17) is 0 Å². The number of hydrogen-bond acceptors (Lipinski definition) is 5. The number of thiophene rings is 1. The number of benzene rings is 1. The predicted molar refractivity (Wildman–Crippen MR) is 122 cm³/mol. The minimum absolute atomic E-state index is 0.121. The number of nitrogens with one attached hydrogen (secondary N) is 2. The maximum absolute atomic E-state index is 12.9. The summed E-state index contributed by atoms with van der Waals surface area (Å²) in [7, 11) is 0. The Kier molecular flexibility index (Phi) is 5.86. The molecule has 0 spiro atoms. The highest BCUT2D eigenvalue weighted by atomic mass is 32.1. The summed E-state index contributed by atoms with van der Waals surface area (Å²) in [5, 5.41) is 7.50. The summed E-state index contributed by atoms with van der Waals surface area (Å²) < 4.78 is 0. The lowest BCUT2D eigenvalue weighted by Crippen LogP contribution is -2.18. The average molecular weight is 415 g/mol. The van der Waals surface area contributed by atoms with Crippen LogP contribution in [0, 0.1) is 13.8 Å². The summed E-state index contributed by atoms with van der Waals surface area (Å²) in [5.41, 5.74) is 3.87. The van der Waals surface area contributed by atoms with Crippen LogP contribution in [0.5, 0.6) is 0 Å². The van der Waals surface area contributed by atoms with E-state index in [1.54, 1.807) is 29.9 Å². The van der Waals surface area contributed by atoms with Crippen LogP contribution in [0.4, 0.5) is 10.8 Å². The van der Waals surface area contributed by atoms with Gasteiger partial charge in [-0.2, -0.15) is 0 Å². The third kappa shape index (κ3) is 4.23. The van der Waals surface area contributed by atoms with Crippen molar-refractivity contribution in [1.82, 2.24) is 9.97 Å². The van der Waals surface area contributed by atoms with E-state index in [9.17, 15) is 4.79 Å². The lowest BCUT2D eigenvalue weighted by Gasteiger charge is -2.22. The molecule has 30 heavy (non-hydrogen) atoms. The first-order chi connectivity index (χ1) is 14.6. The maximum Gasteiger partial charge on any atom is 0.256 e. The van der Waals surface area contributed by atoms with Crippen molar-refractivity contribution in [3.63, 3.8) is 0 Å². The number of amides is 1. The van der Waals surface area contributed by atoms with Gasteiger partial charge in [-0.15, -0.1) is 11.3 Å². The molecule has 0 fully saturated rings. The van der Waals surface area contributed by atoms with E-state index in [0.717, 1.165) is 32.4 Å². The fraction of sp³-hybridized carbons (Fsp3) is 0.125. The second-order valence-electron chi connectivity index (χ2n) is 6.92. The second kappa shape index (κ2) is 8.88. The molecule has 150 valence electrons. The summed E-state index contributed by atoms with van der Waals surface area (Å²) in [6.45, 7) is 4.17. The van der Waals surface area contributed by atoms with Crippen molar-refractivity contribution >= 4 is 28.1 Å². The zero-order valence-electron chi connectivity index (χ0n) is 16.8. The fourth-order valence-corrected chi connectivity index (χ4v) is 4.42. The standard InChI is InChI=1S/C24H22N4OS/c1-16-17(2)30-24(28-23(29)19-8-4-3-5-9-19)21(16)22(18-11-14-25-15-12-18)27-20-10-6-7-13-26-20/h3-15,22H,1-2H3,(H,26,27)(H,28,29). The Morgan fingerprint density at radius 1 is 0.933 bits per heavy atom. The third-order valence-corrected chi connectivity index (χ3v) is 6.12. The molecule has 0 radical (unpaired) electrons. The number of aromatic nitrogens is 2. The minimum atomic E-state index is -0.182. The Labute approximate surface area is 179 Å². The number of pyridine rings is 2. The highest BCUT2D eigenvalue weighted by Gasteiger charge is 2.25. The molecular formula is C24H22N4OS. The molecule has 1 amide bonds. The highest BCUT2D eigenvalue weighted by molar-refractivity contribution is 7.16. The molecular weight excluding hydrogens is 392 g/mol. The van der Waals surface area contributed by atoms with Gasteiger partial charge in [-0.1, -0.05) is 24.3 Å². The van der Waals surface area contributed by atoms with Crippen LogP contribution in [0.2, 0.25) is 0 Å². The number of hydrogen-bond donors (Lipinski definition) is 2. The van der Waals surface area contributed by atoms with Crippen molar-refractivity contribution in [3.8, 4) is 0 Å². The van der Waals surface area contributed by atoms with Crippen molar-refractivity contribution in [2.75, 3.05) is 10.6 Å². The maximum atomic E-state index is 12.9. The molecule has 1 atom stereocenters. The van der Waals surface area contributed by atoms with Gasteiger partial charge in [-0.05, 0) is 61.4 Å². The molecule has 2 N–H and O–H groups in total. The first-order valence-electron chi connectivity index (χ1n) is 9.67. The van der Waals surface area contributed by atoms with E-state index >= 15 is 0 Å². The van der Waals surface area contributed by atoms with Crippen LogP contribution in [0.3, 0.4) is 0 Å². The van der Waals surface area contributed by atoms with Crippen LogP contribution in [0.15, 0.2) is 79.3 Å². The molecule has 0 bridgehead atoms. The molecule has 1 aromatic carbocycles. The molecule has 3 heterocycles. The first kappa shape index (κ1) is 19.8. The second-order valence-corrected chi connectivity index (χ2v) is 8.14. The normalized spacial score (nSPS) is 11.7. The Hall–Kier alpha value is -3.51. The predicted octanol–water partition coefficient (Wildman–Crippen LogP) is 5.61. The largest absolute Gasteiger partial charge is 0.359 e. The Morgan fingerprint density at radius 2 is 1.67 bits per heavy atom. The average Bonchev–Trinajstić information content (AvgIpc) is 3.07. The van der Waals surface area contributed by atoms with E-state index < -0.39 is 0 Å². The van der Waals surface area contributed by atoms with Gasteiger partial charge < -0.3 is 10.6 Å².